The molecule has 0 aromatic carbocycles. The molecule has 0 heterocycles. The second kappa shape index (κ2) is 8.80. The molecule has 0 aliphatic heterocycles. The molecule has 13 heavy (non-hydrogen) atoms. The van der Waals surface area contributed by atoms with Crippen LogP contribution in [0.25, 0.3) is 0 Å². The third kappa shape index (κ3) is 13.5. The largest absolute Gasteiger partial charge is 0.248 e. The minimum atomic E-state index is -1.79. The van der Waals surface area contributed by atoms with Gasteiger partial charge in [-0.25, -0.2) is 0 Å². The number of alkyl halides is 1. The van der Waals surface area contributed by atoms with Crippen molar-refractivity contribution in [1.29, 1.82) is 0 Å². The van der Waals surface area contributed by atoms with Crippen molar-refractivity contribution in [2.75, 3.05) is 4.43 Å². The average Bonchev–Trinajstić information content (AvgIpc) is 2.01. The van der Waals surface area contributed by atoms with Crippen LogP contribution in [0.4, 0.5) is 0 Å². The van der Waals surface area contributed by atoms with Gasteiger partial charge in [-0.05, 0) is 23.4 Å². The Bertz CT molecular complexity index is 115. The minimum absolute atomic E-state index is 1.06. The van der Waals surface area contributed by atoms with Gasteiger partial charge in [0.1, 0.15) is 0 Å². The number of unbranched alkanes of at least 4 members (excludes halogenated alkanes) is 5. The first-order valence-electron chi connectivity index (χ1n) is 5.00. The van der Waals surface area contributed by atoms with Crippen molar-refractivity contribution in [1.82, 2.24) is 0 Å². The van der Waals surface area contributed by atoms with E-state index < -0.39 is 6.69 Å². The lowest BCUT2D eigenvalue weighted by Gasteiger charge is -2.08. The van der Waals surface area contributed by atoms with Gasteiger partial charge in [-0.3, -0.25) is 0 Å². The highest BCUT2D eigenvalue weighted by Crippen LogP contribution is 2.23. The number of rotatable bonds is 8. The molecule has 4 heteroatoms. The van der Waals surface area contributed by atoms with Gasteiger partial charge >= 0.3 is 0 Å². The van der Waals surface area contributed by atoms with E-state index in [4.69, 9.17) is 22.2 Å². The van der Waals surface area contributed by atoms with Crippen molar-refractivity contribution >= 4 is 51.4 Å². The molecule has 0 unspecified atom stereocenters. The quantitative estimate of drug-likeness (QED) is 0.182. The van der Waals surface area contributed by atoms with Gasteiger partial charge < -0.3 is 0 Å². The molecule has 0 fully saturated rings. The van der Waals surface area contributed by atoms with Gasteiger partial charge in [0.15, 0.2) is 0 Å². The molecule has 0 saturated carbocycles. The van der Waals surface area contributed by atoms with Crippen LogP contribution >= 0.6 is 44.7 Å². The fourth-order valence-electron chi connectivity index (χ4n) is 1.24. The Labute approximate surface area is 106 Å². The van der Waals surface area contributed by atoms with Gasteiger partial charge in [-0.2, -0.15) is 0 Å². The smallest absolute Gasteiger partial charge is 0.146 e. The van der Waals surface area contributed by atoms with Crippen molar-refractivity contribution in [3.05, 3.63) is 0 Å². The molecule has 0 aromatic heterocycles. The van der Waals surface area contributed by atoms with Gasteiger partial charge in [0, 0.05) is 0 Å². The van der Waals surface area contributed by atoms with Crippen LogP contribution in [0.2, 0.25) is 12.6 Å². The summed E-state index contributed by atoms with van der Waals surface area (Å²) in [5.74, 6) is 0. The molecular weight excluding hydrogens is 334 g/mol. The van der Waals surface area contributed by atoms with E-state index in [9.17, 15) is 0 Å². The van der Waals surface area contributed by atoms with Gasteiger partial charge in [-0.15, -0.1) is 22.2 Å². The zero-order chi connectivity index (χ0) is 10.2. The second-order valence-electron chi connectivity index (χ2n) is 3.63. The van der Waals surface area contributed by atoms with Crippen molar-refractivity contribution in [3.8, 4) is 0 Å². The molecule has 0 aliphatic carbocycles. The van der Waals surface area contributed by atoms with Crippen molar-refractivity contribution in [2.24, 2.45) is 0 Å². The maximum absolute atomic E-state index is 6.00. The summed E-state index contributed by atoms with van der Waals surface area (Å²) < 4.78 is 1.30. The van der Waals surface area contributed by atoms with E-state index in [1.807, 2.05) is 6.55 Å². The molecule has 0 amide bonds. The van der Waals surface area contributed by atoms with Gasteiger partial charge in [0.05, 0.1) is 0 Å². The maximum atomic E-state index is 6.00. The predicted molar refractivity (Wildman–Crippen MR) is 74.7 cm³/mol. The van der Waals surface area contributed by atoms with Crippen LogP contribution < -0.4 is 0 Å². The van der Waals surface area contributed by atoms with E-state index in [1.165, 1.54) is 43.0 Å². The molecule has 0 saturated heterocycles. The van der Waals surface area contributed by atoms with Crippen LogP contribution in [0.15, 0.2) is 0 Å². The fraction of sp³-hybridized carbons (Fsp3) is 1.00. The highest BCUT2D eigenvalue weighted by molar-refractivity contribution is 14.1. The summed E-state index contributed by atoms with van der Waals surface area (Å²) in [5.41, 5.74) is 0. The Morgan fingerprint density at radius 2 is 1.38 bits per heavy atom. The monoisotopic (exact) mass is 352 g/mol. The number of halogens is 3. The summed E-state index contributed by atoms with van der Waals surface area (Å²) in [5, 5.41) is 0. The summed E-state index contributed by atoms with van der Waals surface area (Å²) in [6, 6.07) is 1.06. The molecule has 0 atom stereocenters. The van der Waals surface area contributed by atoms with Crippen LogP contribution in [0.1, 0.15) is 38.5 Å². The number of hydrogen-bond donors (Lipinski definition) is 0. The molecule has 0 bridgehead atoms. The van der Waals surface area contributed by atoms with Crippen LogP contribution in [-0.2, 0) is 0 Å². The Hall–Kier alpha value is 1.53. The minimum Gasteiger partial charge on any atom is -0.146 e. The Morgan fingerprint density at radius 1 is 0.923 bits per heavy atom. The molecule has 0 N–H and O–H groups in total. The number of hydrogen-bond acceptors (Lipinski definition) is 0. The van der Waals surface area contributed by atoms with Crippen molar-refractivity contribution in [3.63, 3.8) is 0 Å². The standard InChI is InChI=1S/C9H19Cl2ISi/c1-13(10,11)9-7-5-3-2-4-6-8-12/h2-9H2,1H3. The Kier molecular flexibility index (Phi) is 9.84. The van der Waals surface area contributed by atoms with E-state index in [0.717, 1.165) is 6.04 Å². The Balaban J connectivity index is 3.00. The maximum Gasteiger partial charge on any atom is 0.248 e. The fourth-order valence-corrected chi connectivity index (χ4v) is 3.45. The SMILES string of the molecule is C[Si](Cl)(Cl)CCCCCCCCI. The van der Waals surface area contributed by atoms with Crippen molar-refractivity contribution < 1.29 is 0 Å². The predicted octanol–water partition coefficient (Wildman–Crippen LogP) is 5.31. The van der Waals surface area contributed by atoms with E-state index in [1.54, 1.807) is 0 Å². The first-order chi connectivity index (χ1) is 6.06. The van der Waals surface area contributed by atoms with Gasteiger partial charge in [0.25, 0.3) is 0 Å². The summed E-state index contributed by atoms with van der Waals surface area (Å²) in [7, 11) is 0. The van der Waals surface area contributed by atoms with E-state index >= 15 is 0 Å². The lowest BCUT2D eigenvalue weighted by molar-refractivity contribution is 0.627. The third-order valence-corrected chi connectivity index (χ3v) is 5.13. The molecule has 80 valence electrons. The molecular formula is C9H19Cl2ISi. The highest BCUT2D eigenvalue weighted by Gasteiger charge is 2.19. The van der Waals surface area contributed by atoms with E-state index in [2.05, 4.69) is 22.6 Å². The molecule has 0 aromatic rings. The summed E-state index contributed by atoms with van der Waals surface area (Å²) in [6.07, 6.45) is 8.03. The van der Waals surface area contributed by atoms with E-state index in [-0.39, 0.29) is 0 Å². The summed E-state index contributed by atoms with van der Waals surface area (Å²) in [6.45, 7) is 0.217. The molecule has 0 rings (SSSR count). The van der Waals surface area contributed by atoms with Crippen LogP contribution in [0.3, 0.4) is 0 Å². The molecule has 0 radical (unpaired) electrons. The topological polar surface area (TPSA) is 0 Å². The molecule has 0 spiro atoms. The average molecular weight is 353 g/mol. The zero-order valence-corrected chi connectivity index (χ0v) is 13.0. The molecule has 0 nitrogen and oxygen atoms in total. The summed E-state index contributed by atoms with van der Waals surface area (Å²) >= 11 is 14.4. The van der Waals surface area contributed by atoms with Crippen LogP contribution in [0.5, 0.6) is 0 Å². The normalized spacial score (nSPS) is 12.0. The van der Waals surface area contributed by atoms with Crippen LogP contribution in [-0.4, -0.2) is 11.1 Å². The first kappa shape index (κ1) is 14.5. The highest BCUT2D eigenvalue weighted by atomic mass is 127. The second-order valence-corrected chi connectivity index (χ2v) is 12.9. The Morgan fingerprint density at radius 3 is 1.85 bits per heavy atom. The lowest BCUT2D eigenvalue weighted by atomic mass is 10.1. The van der Waals surface area contributed by atoms with Crippen LogP contribution in [0, 0.1) is 0 Å². The molecule has 0 aliphatic rings. The first-order valence-corrected chi connectivity index (χ1v) is 11.3. The van der Waals surface area contributed by atoms with Gasteiger partial charge in [-0.1, -0.05) is 54.7 Å². The van der Waals surface area contributed by atoms with Crippen molar-refractivity contribution in [2.45, 2.75) is 51.1 Å². The zero-order valence-electron chi connectivity index (χ0n) is 8.29. The third-order valence-electron chi connectivity index (χ3n) is 2.00. The lowest BCUT2D eigenvalue weighted by Crippen LogP contribution is -2.11. The summed E-state index contributed by atoms with van der Waals surface area (Å²) in [4.78, 5) is 0. The van der Waals surface area contributed by atoms with E-state index in [0.29, 0.717) is 0 Å². The van der Waals surface area contributed by atoms with Gasteiger partial charge in [0.2, 0.25) is 6.69 Å².